The summed E-state index contributed by atoms with van der Waals surface area (Å²) in [6, 6.07) is 9.54. The maximum atomic E-state index is 12.8. The number of rotatable bonds is 12. The van der Waals surface area contributed by atoms with Crippen molar-refractivity contribution in [1.82, 2.24) is 20.4 Å². The van der Waals surface area contributed by atoms with Crippen molar-refractivity contribution in [3.05, 3.63) is 69.7 Å². The lowest BCUT2D eigenvalue weighted by atomic mass is 9.99. The van der Waals surface area contributed by atoms with Crippen molar-refractivity contribution in [3.8, 4) is 0 Å². The Hall–Kier alpha value is -3.77. The van der Waals surface area contributed by atoms with E-state index in [4.69, 9.17) is 4.74 Å². The number of carbonyl (C=O) groups is 3. The fourth-order valence-electron chi connectivity index (χ4n) is 3.78. The predicted molar refractivity (Wildman–Crippen MR) is 146 cm³/mol. The van der Waals surface area contributed by atoms with Gasteiger partial charge in [-0.15, -0.1) is 20.4 Å². The highest BCUT2D eigenvalue weighted by Gasteiger charge is 2.27. The molecule has 2 aromatic heterocycles. The van der Waals surface area contributed by atoms with Crippen LogP contribution in [0.15, 0.2) is 54.1 Å². The van der Waals surface area contributed by atoms with E-state index in [2.05, 4.69) is 31.0 Å². The minimum absolute atomic E-state index is 0.121. The molecule has 1 aromatic carbocycles. The van der Waals surface area contributed by atoms with Crippen LogP contribution in [0.5, 0.6) is 0 Å². The molecule has 1 atom stereocenters. The van der Waals surface area contributed by atoms with E-state index in [1.807, 2.05) is 48.6 Å². The Labute approximate surface area is 228 Å². The van der Waals surface area contributed by atoms with Crippen LogP contribution in [0.2, 0.25) is 0 Å². The third-order valence-electron chi connectivity index (χ3n) is 5.55. The Morgan fingerprint density at radius 1 is 0.947 bits per heavy atom. The van der Waals surface area contributed by atoms with E-state index in [0.29, 0.717) is 29.5 Å². The van der Waals surface area contributed by atoms with Gasteiger partial charge in [-0.1, -0.05) is 71.2 Å². The minimum atomic E-state index is -0.982. The topological polar surface area (TPSA) is 136 Å². The van der Waals surface area contributed by atoms with Gasteiger partial charge in [0.2, 0.25) is 22.3 Å². The van der Waals surface area contributed by atoms with Crippen LogP contribution in [0.4, 0.5) is 10.3 Å². The predicted octanol–water partition coefficient (Wildman–Crippen LogP) is 4.28. The van der Waals surface area contributed by atoms with Gasteiger partial charge in [-0.05, 0) is 36.8 Å². The van der Waals surface area contributed by atoms with Crippen molar-refractivity contribution in [3.63, 3.8) is 0 Å². The highest BCUT2D eigenvalue weighted by atomic mass is 32.1. The fourth-order valence-corrected chi connectivity index (χ4v) is 5.36. The van der Waals surface area contributed by atoms with E-state index in [1.54, 1.807) is 0 Å². The van der Waals surface area contributed by atoms with E-state index in [0.717, 1.165) is 46.8 Å². The van der Waals surface area contributed by atoms with E-state index >= 15 is 0 Å². The third kappa shape index (κ3) is 8.38. The molecule has 2 amide bonds. The molecule has 2 heterocycles. The van der Waals surface area contributed by atoms with Gasteiger partial charge >= 0.3 is 5.97 Å². The van der Waals surface area contributed by atoms with Crippen LogP contribution in [0.25, 0.3) is 0 Å². The number of nitrogens with one attached hydrogen (secondary N) is 2. The SMILES string of the molecule is CC(=O)OC(C(=O)Nc1nnc(CCCCc2nnc(NC(=O)Cc3ccccc3)s2)s1)C1=CC=CCC1. The number of carbonyl (C=O) groups excluding carboxylic acids is 3. The summed E-state index contributed by atoms with van der Waals surface area (Å²) in [6.07, 6.45) is 9.58. The van der Waals surface area contributed by atoms with E-state index < -0.39 is 18.0 Å². The molecule has 4 rings (SSSR count). The second-order valence-corrected chi connectivity index (χ2v) is 10.7. The van der Waals surface area contributed by atoms with Crippen LogP contribution in [0.1, 0.15) is 48.2 Å². The van der Waals surface area contributed by atoms with Gasteiger partial charge in [0.1, 0.15) is 10.0 Å². The highest BCUT2D eigenvalue weighted by molar-refractivity contribution is 7.15. The van der Waals surface area contributed by atoms with Crippen LogP contribution in [-0.2, 0) is 38.4 Å². The summed E-state index contributed by atoms with van der Waals surface area (Å²) < 4.78 is 5.27. The van der Waals surface area contributed by atoms with Crippen LogP contribution in [-0.4, -0.2) is 44.3 Å². The van der Waals surface area contributed by atoms with Gasteiger partial charge in [-0.3, -0.25) is 19.7 Å². The molecule has 1 aliphatic rings. The average Bonchev–Trinajstić information content (AvgIpc) is 3.55. The second kappa shape index (κ2) is 13.7. The number of benzene rings is 1. The summed E-state index contributed by atoms with van der Waals surface area (Å²) in [5.41, 5.74) is 1.69. The van der Waals surface area contributed by atoms with Gasteiger partial charge in [0.05, 0.1) is 6.42 Å². The van der Waals surface area contributed by atoms with Crippen LogP contribution >= 0.6 is 22.7 Å². The molecule has 2 N–H and O–H groups in total. The van der Waals surface area contributed by atoms with Crippen LogP contribution in [0, 0.1) is 0 Å². The Kier molecular flexibility index (Phi) is 9.82. The van der Waals surface area contributed by atoms with Crippen molar-refractivity contribution >= 4 is 50.7 Å². The smallest absolute Gasteiger partial charge is 0.303 e. The number of anilines is 2. The summed E-state index contributed by atoms with van der Waals surface area (Å²) in [7, 11) is 0. The first-order valence-corrected chi connectivity index (χ1v) is 13.9. The van der Waals surface area contributed by atoms with Crippen LogP contribution < -0.4 is 10.6 Å². The zero-order valence-electron chi connectivity index (χ0n) is 20.9. The summed E-state index contributed by atoms with van der Waals surface area (Å²) >= 11 is 2.68. The molecule has 0 saturated heterocycles. The van der Waals surface area contributed by atoms with Gasteiger partial charge in [-0.2, -0.15) is 0 Å². The molecule has 3 aromatic rings. The Balaban J connectivity index is 1.19. The lowest BCUT2D eigenvalue weighted by molar-refractivity contribution is -0.149. The number of hydrogen-bond acceptors (Lipinski definition) is 10. The molecule has 0 radical (unpaired) electrons. The molecule has 0 fully saturated rings. The van der Waals surface area contributed by atoms with Crippen molar-refractivity contribution in [2.45, 2.75) is 58.0 Å². The van der Waals surface area contributed by atoms with Crippen molar-refractivity contribution < 1.29 is 19.1 Å². The molecular weight excluding hydrogens is 524 g/mol. The molecule has 0 spiro atoms. The summed E-state index contributed by atoms with van der Waals surface area (Å²) in [5, 5.41) is 24.5. The summed E-state index contributed by atoms with van der Waals surface area (Å²) in [4.78, 5) is 36.5. The Bertz CT molecular complexity index is 1320. The molecule has 38 heavy (non-hydrogen) atoms. The number of aromatic nitrogens is 4. The number of nitrogens with zero attached hydrogens (tertiary/aromatic N) is 4. The average molecular weight is 553 g/mol. The maximum Gasteiger partial charge on any atom is 0.303 e. The number of unbranched alkanes of at least 4 members (excludes halogenated alkanes) is 1. The number of aryl methyl sites for hydroxylation is 2. The van der Waals surface area contributed by atoms with Gasteiger partial charge in [0, 0.05) is 19.8 Å². The standard InChI is InChI=1S/C26H28N6O4S2/c1-17(33)36-23(19-12-6-3-7-13-19)24(35)28-26-32-30-22(38-26)15-9-8-14-21-29-31-25(37-21)27-20(34)16-18-10-4-2-5-11-18/h2-6,10-12,23H,7-9,13-16H2,1H3,(H,27,31,34)(H,28,32,35). The Morgan fingerprint density at radius 2 is 1.61 bits per heavy atom. The van der Waals surface area contributed by atoms with E-state index in [-0.39, 0.29) is 5.91 Å². The normalized spacial score (nSPS) is 13.4. The number of hydrogen-bond donors (Lipinski definition) is 2. The van der Waals surface area contributed by atoms with Gasteiger partial charge < -0.3 is 10.1 Å². The summed E-state index contributed by atoms with van der Waals surface area (Å²) in [5.74, 6) is -1.08. The van der Waals surface area contributed by atoms with Crippen molar-refractivity contribution in [2.24, 2.45) is 0 Å². The molecule has 198 valence electrons. The zero-order chi connectivity index (χ0) is 26.7. The van der Waals surface area contributed by atoms with E-state index in [1.165, 1.54) is 29.6 Å². The van der Waals surface area contributed by atoms with Crippen molar-refractivity contribution in [2.75, 3.05) is 10.6 Å². The lowest BCUT2D eigenvalue weighted by Crippen LogP contribution is -2.34. The highest BCUT2D eigenvalue weighted by Crippen LogP contribution is 2.23. The first-order chi connectivity index (χ1) is 18.5. The molecular formula is C26H28N6O4S2. The quantitative estimate of drug-likeness (QED) is 0.251. The molecule has 1 unspecified atom stereocenters. The fraction of sp³-hybridized carbons (Fsp3) is 0.346. The third-order valence-corrected chi connectivity index (χ3v) is 7.35. The molecule has 0 aliphatic heterocycles. The van der Waals surface area contributed by atoms with Gasteiger partial charge in [0.25, 0.3) is 5.91 Å². The van der Waals surface area contributed by atoms with Crippen LogP contribution in [0.3, 0.4) is 0 Å². The van der Waals surface area contributed by atoms with Crippen molar-refractivity contribution in [1.29, 1.82) is 0 Å². The Morgan fingerprint density at radius 3 is 2.21 bits per heavy atom. The van der Waals surface area contributed by atoms with Gasteiger partial charge in [-0.25, -0.2) is 0 Å². The largest absolute Gasteiger partial charge is 0.448 e. The van der Waals surface area contributed by atoms with Gasteiger partial charge in [0.15, 0.2) is 0 Å². The molecule has 0 bridgehead atoms. The molecule has 1 aliphatic carbocycles. The number of esters is 1. The van der Waals surface area contributed by atoms with E-state index in [9.17, 15) is 14.4 Å². The first-order valence-electron chi connectivity index (χ1n) is 12.3. The number of allylic oxidation sites excluding steroid dienone is 3. The monoisotopic (exact) mass is 552 g/mol. The second-order valence-electron chi connectivity index (χ2n) is 8.61. The minimum Gasteiger partial charge on any atom is -0.448 e. The number of ether oxygens (including phenoxy) is 1. The molecule has 0 saturated carbocycles. The number of amides is 2. The molecule has 10 nitrogen and oxygen atoms in total. The zero-order valence-corrected chi connectivity index (χ0v) is 22.5. The molecule has 12 heteroatoms. The summed E-state index contributed by atoms with van der Waals surface area (Å²) in [6.45, 7) is 1.28. The maximum absolute atomic E-state index is 12.8. The lowest BCUT2D eigenvalue weighted by Gasteiger charge is -2.20. The first kappa shape index (κ1) is 27.3.